The third-order valence-corrected chi connectivity index (χ3v) is 3.53. The van der Waals surface area contributed by atoms with Crippen LogP contribution in [-0.2, 0) is 18.9 Å². The second-order valence-corrected chi connectivity index (χ2v) is 4.83. The minimum absolute atomic E-state index is 0.166. The van der Waals surface area contributed by atoms with Gasteiger partial charge in [0.05, 0.1) is 12.7 Å². The van der Waals surface area contributed by atoms with Gasteiger partial charge in [0.15, 0.2) is 12.6 Å². The smallest absolute Gasteiger partial charge is 0.184 e. The molecule has 0 bridgehead atoms. The highest BCUT2D eigenvalue weighted by Gasteiger charge is 2.42. The van der Waals surface area contributed by atoms with E-state index in [9.17, 15) is 5.11 Å². The van der Waals surface area contributed by atoms with Crippen molar-refractivity contribution in [2.24, 2.45) is 0 Å². The van der Waals surface area contributed by atoms with Gasteiger partial charge < -0.3 is 24.1 Å². The first-order valence-corrected chi connectivity index (χ1v) is 6.46. The van der Waals surface area contributed by atoms with Gasteiger partial charge in [0.25, 0.3) is 0 Å². The lowest BCUT2D eigenvalue weighted by Gasteiger charge is -2.43. The Morgan fingerprint density at radius 1 is 1.16 bits per heavy atom. The molecule has 104 valence electrons. The molecule has 1 N–H and O–H groups in total. The fraction of sp³-hybridized carbons (Fsp3) is 0.571. The van der Waals surface area contributed by atoms with E-state index in [-0.39, 0.29) is 12.2 Å². The van der Waals surface area contributed by atoms with Crippen molar-refractivity contribution < 1.29 is 24.1 Å². The van der Waals surface area contributed by atoms with Crippen LogP contribution in [0.3, 0.4) is 0 Å². The van der Waals surface area contributed by atoms with Crippen LogP contribution >= 0.6 is 0 Å². The van der Waals surface area contributed by atoms with Crippen LogP contribution in [0.25, 0.3) is 0 Å². The fourth-order valence-electron chi connectivity index (χ4n) is 2.52. The lowest BCUT2D eigenvalue weighted by Crippen LogP contribution is -2.53. The fourth-order valence-corrected chi connectivity index (χ4v) is 2.52. The Bertz CT molecular complexity index is 410. The Morgan fingerprint density at radius 2 is 1.95 bits per heavy atom. The maximum absolute atomic E-state index is 9.89. The van der Waals surface area contributed by atoms with Gasteiger partial charge in [-0.2, -0.15) is 0 Å². The van der Waals surface area contributed by atoms with Crippen molar-refractivity contribution in [2.75, 3.05) is 13.7 Å². The van der Waals surface area contributed by atoms with Gasteiger partial charge in [-0.05, 0) is 0 Å². The SMILES string of the molecule is CO[C@@H]1O[C@H]2CO[C@H](c3ccccc3)O[C@@H]2C[C@H]1O. The molecular formula is C14H18O5. The summed E-state index contributed by atoms with van der Waals surface area (Å²) in [6.07, 6.45) is -1.51. The highest BCUT2D eigenvalue weighted by atomic mass is 16.7. The van der Waals surface area contributed by atoms with Crippen molar-refractivity contribution in [3.05, 3.63) is 35.9 Å². The number of benzene rings is 1. The number of rotatable bonds is 2. The van der Waals surface area contributed by atoms with Gasteiger partial charge in [-0.3, -0.25) is 0 Å². The molecule has 0 amide bonds. The monoisotopic (exact) mass is 266 g/mol. The summed E-state index contributed by atoms with van der Waals surface area (Å²) in [5.41, 5.74) is 0.976. The second kappa shape index (κ2) is 5.56. The van der Waals surface area contributed by atoms with Crippen LogP contribution < -0.4 is 0 Å². The number of hydrogen-bond donors (Lipinski definition) is 1. The van der Waals surface area contributed by atoms with E-state index in [1.807, 2.05) is 30.3 Å². The number of aliphatic hydroxyl groups excluding tert-OH is 1. The van der Waals surface area contributed by atoms with Gasteiger partial charge in [0.1, 0.15) is 12.2 Å². The summed E-state index contributed by atoms with van der Waals surface area (Å²) in [5, 5.41) is 9.89. The molecule has 0 saturated carbocycles. The van der Waals surface area contributed by atoms with Crippen LogP contribution in [-0.4, -0.2) is 43.4 Å². The molecule has 1 aromatic carbocycles. The van der Waals surface area contributed by atoms with E-state index >= 15 is 0 Å². The molecule has 2 aliphatic heterocycles. The van der Waals surface area contributed by atoms with Gasteiger partial charge in [0, 0.05) is 19.1 Å². The maximum atomic E-state index is 9.89. The molecule has 19 heavy (non-hydrogen) atoms. The second-order valence-electron chi connectivity index (χ2n) is 4.83. The average Bonchev–Trinajstić information content (AvgIpc) is 2.47. The van der Waals surface area contributed by atoms with E-state index in [1.165, 1.54) is 7.11 Å². The van der Waals surface area contributed by atoms with Gasteiger partial charge in [-0.25, -0.2) is 0 Å². The van der Waals surface area contributed by atoms with E-state index in [0.29, 0.717) is 13.0 Å². The molecular weight excluding hydrogens is 248 g/mol. The first-order chi connectivity index (χ1) is 9.28. The molecule has 3 rings (SSSR count). The summed E-state index contributed by atoms with van der Waals surface area (Å²) in [6, 6.07) is 9.76. The normalized spacial score (nSPS) is 38.7. The number of fused-ring (bicyclic) bond motifs is 1. The van der Waals surface area contributed by atoms with Crippen molar-refractivity contribution in [2.45, 2.75) is 37.3 Å². The topological polar surface area (TPSA) is 57.2 Å². The predicted octanol–water partition coefficient (Wildman–Crippen LogP) is 1.22. The zero-order chi connectivity index (χ0) is 13.2. The van der Waals surface area contributed by atoms with Crippen LogP contribution in [0.2, 0.25) is 0 Å². The molecule has 0 radical (unpaired) electrons. The summed E-state index contributed by atoms with van der Waals surface area (Å²) < 4.78 is 22.2. The van der Waals surface area contributed by atoms with E-state index < -0.39 is 18.7 Å². The highest BCUT2D eigenvalue weighted by Crippen LogP contribution is 2.33. The Balaban J connectivity index is 1.68. The molecule has 2 heterocycles. The van der Waals surface area contributed by atoms with Crippen LogP contribution in [0.15, 0.2) is 30.3 Å². The average molecular weight is 266 g/mol. The Labute approximate surface area is 112 Å². The van der Waals surface area contributed by atoms with Crippen LogP contribution in [0.5, 0.6) is 0 Å². The molecule has 2 aliphatic rings. The lowest BCUT2D eigenvalue weighted by atomic mass is 10.0. The molecule has 0 aliphatic carbocycles. The van der Waals surface area contributed by atoms with Crippen LogP contribution in [0.1, 0.15) is 18.3 Å². The van der Waals surface area contributed by atoms with E-state index in [4.69, 9.17) is 18.9 Å². The van der Waals surface area contributed by atoms with Crippen LogP contribution in [0.4, 0.5) is 0 Å². The minimum Gasteiger partial charge on any atom is -0.388 e. The zero-order valence-electron chi connectivity index (χ0n) is 10.8. The van der Waals surface area contributed by atoms with Crippen LogP contribution in [0, 0.1) is 0 Å². The number of ether oxygens (including phenoxy) is 4. The number of methoxy groups -OCH3 is 1. The first kappa shape index (κ1) is 13.0. The summed E-state index contributed by atoms with van der Waals surface area (Å²) in [5.74, 6) is 0. The molecule has 5 atom stereocenters. The zero-order valence-corrected chi connectivity index (χ0v) is 10.8. The maximum Gasteiger partial charge on any atom is 0.184 e. The first-order valence-electron chi connectivity index (χ1n) is 6.46. The number of hydrogen-bond acceptors (Lipinski definition) is 5. The molecule has 0 spiro atoms. The minimum atomic E-state index is -0.666. The van der Waals surface area contributed by atoms with Crippen molar-refractivity contribution >= 4 is 0 Å². The quantitative estimate of drug-likeness (QED) is 0.872. The third kappa shape index (κ3) is 2.66. The Hall–Kier alpha value is -0.980. The van der Waals surface area contributed by atoms with Crippen molar-refractivity contribution in [1.29, 1.82) is 0 Å². The summed E-state index contributed by atoms with van der Waals surface area (Å²) in [6.45, 7) is 0.441. The Morgan fingerprint density at radius 3 is 2.68 bits per heavy atom. The molecule has 2 saturated heterocycles. The molecule has 2 fully saturated rings. The van der Waals surface area contributed by atoms with E-state index in [0.717, 1.165) is 5.56 Å². The van der Waals surface area contributed by atoms with Gasteiger partial charge in [-0.1, -0.05) is 30.3 Å². The summed E-state index contributed by atoms with van der Waals surface area (Å²) in [7, 11) is 1.52. The van der Waals surface area contributed by atoms with Crippen molar-refractivity contribution in [3.8, 4) is 0 Å². The Kier molecular flexibility index (Phi) is 3.81. The lowest BCUT2D eigenvalue weighted by molar-refractivity contribution is -0.333. The van der Waals surface area contributed by atoms with Crippen molar-refractivity contribution in [1.82, 2.24) is 0 Å². The molecule has 0 aromatic heterocycles. The standard InChI is InChI=1S/C14H18O5/c1-16-14-10(15)7-11-12(19-14)8-17-13(18-11)9-5-3-2-4-6-9/h2-6,10-15H,7-8H2,1H3/t10-,11-,12+,13+,14-/m1/s1. The predicted molar refractivity (Wildman–Crippen MR) is 66.3 cm³/mol. The highest BCUT2D eigenvalue weighted by molar-refractivity contribution is 5.16. The van der Waals surface area contributed by atoms with Gasteiger partial charge >= 0.3 is 0 Å². The number of aliphatic hydroxyl groups is 1. The summed E-state index contributed by atoms with van der Waals surface area (Å²) in [4.78, 5) is 0. The summed E-state index contributed by atoms with van der Waals surface area (Å²) >= 11 is 0. The van der Waals surface area contributed by atoms with E-state index in [1.54, 1.807) is 0 Å². The third-order valence-electron chi connectivity index (χ3n) is 3.53. The largest absolute Gasteiger partial charge is 0.388 e. The van der Waals surface area contributed by atoms with E-state index in [2.05, 4.69) is 0 Å². The molecule has 1 aromatic rings. The molecule has 0 unspecified atom stereocenters. The molecule has 5 nitrogen and oxygen atoms in total. The van der Waals surface area contributed by atoms with Crippen molar-refractivity contribution in [3.63, 3.8) is 0 Å². The van der Waals surface area contributed by atoms with Gasteiger partial charge in [0.2, 0.25) is 0 Å². The molecule has 5 heteroatoms. The van der Waals surface area contributed by atoms with Gasteiger partial charge in [-0.15, -0.1) is 0 Å².